The molecule has 0 aliphatic carbocycles. The van der Waals surface area contributed by atoms with Gasteiger partial charge in [0.2, 0.25) is 0 Å². The van der Waals surface area contributed by atoms with E-state index in [9.17, 15) is 14.4 Å². The molecular formula is C61H104O6. The summed E-state index contributed by atoms with van der Waals surface area (Å²) in [6, 6.07) is 0. The summed E-state index contributed by atoms with van der Waals surface area (Å²) in [5.74, 6) is -0.897. The van der Waals surface area contributed by atoms with Crippen molar-refractivity contribution in [3.05, 3.63) is 85.1 Å². The van der Waals surface area contributed by atoms with Gasteiger partial charge in [-0.05, 0) is 89.9 Å². The summed E-state index contributed by atoms with van der Waals surface area (Å²) >= 11 is 0. The van der Waals surface area contributed by atoms with Gasteiger partial charge in [-0.25, -0.2) is 0 Å². The van der Waals surface area contributed by atoms with Crippen molar-refractivity contribution in [2.45, 2.75) is 271 Å². The zero-order valence-corrected chi connectivity index (χ0v) is 43.9. The lowest BCUT2D eigenvalue weighted by atomic mass is 10.1. The van der Waals surface area contributed by atoms with Gasteiger partial charge in [0.1, 0.15) is 13.2 Å². The van der Waals surface area contributed by atoms with Crippen molar-refractivity contribution in [2.24, 2.45) is 0 Å². The number of hydrogen-bond donors (Lipinski definition) is 0. The van der Waals surface area contributed by atoms with E-state index in [-0.39, 0.29) is 31.1 Å². The highest BCUT2D eigenvalue weighted by Gasteiger charge is 2.19. The van der Waals surface area contributed by atoms with Crippen molar-refractivity contribution >= 4 is 17.9 Å². The minimum Gasteiger partial charge on any atom is -0.462 e. The summed E-state index contributed by atoms with van der Waals surface area (Å²) in [6.45, 7) is 6.41. The number of carbonyl (C=O) groups excluding carboxylic acids is 3. The van der Waals surface area contributed by atoms with Crippen LogP contribution in [0.3, 0.4) is 0 Å². The Bertz CT molecular complexity index is 1300. The summed E-state index contributed by atoms with van der Waals surface area (Å²) in [6.07, 6.45) is 71.4. The first-order valence-electron chi connectivity index (χ1n) is 28.1. The molecule has 6 heteroatoms. The third kappa shape index (κ3) is 53.4. The number of unbranched alkanes of at least 4 members (excludes halogenated alkanes) is 25. The van der Waals surface area contributed by atoms with E-state index in [1.807, 2.05) is 0 Å². The molecule has 0 aromatic rings. The number of hydrogen-bond acceptors (Lipinski definition) is 6. The second-order valence-corrected chi connectivity index (χ2v) is 18.4. The van der Waals surface area contributed by atoms with E-state index in [1.54, 1.807) is 0 Å². The van der Waals surface area contributed by atoms with Gasteiger partial charge in [0.15, 0.2) is 6.10 Å². The van der Waals surface area contributed by atoms with Crippen LogP contribution in [0.1, 0.15) is 265 Å². The molecule has 384 valence electrons. The molecule has 0 N–H and O–H groups in total. The second kappa shape index (κ2) is 55.2. The number of ether oxygens (including phenoxy) is 3. The molecule has 0 saturated heterocycles. The number of allylic oxidation sites excluding steroid dienone is 14. The molecular weight excluding hydrogens is 829 g/mol. The molecule has 0 aromatic heterocycles. The van der Waals surface area contributed by atoms with Gasteiger partial charge in [-0.1, -0.05) is 241 Å². The third-order valence-corrected chi connectivity index (χ3v) is 11.9. The fraction of sp³-hybridized carbons (Fsp3) is 0.721. The highest BCUT2D eigenvalue weighted by Crippen LogP contribution is 2.15. The number of esters is 3. The van der Waals surface area contributed by atoms with E-state index in [2.05, 4.69) is 106 Å². The lowest BCUT2D eigenvalue weighted by Crippen LogP contribution is -2.30. The van der Waals surface area contributed by atoms with Crippen LogP contribution in [0, 0.1) is 0 Å². The molecule has 1 atom stereocenters. The van der Waals surface area contributed by atoms with Crippen molar-refractivity contribution in [3.8, 4) is 0 Å². The number of carbonyl (C=O) groups is 3. The summed E-state index contributed by atoms with van der Waals surface area (Å²) in [5.41, 5.74) is 0. The van der Waals surface area contributed by atoms with Crippen LogP contribution in [0.25, 0.3) is 0 Å². The first kappa shape index (κ1) is 63.6. The van der Waals surface area contributed by atoms with Gasteiger partial charge in [0.25, 0.3) is 0 Å². The molecule has 6 nitrogen and oxygen atoms in total. The Morgan fingerprint density at radius 2 is 0.582 bits per heavy atom. The van der Waals surface area contributed by atoms with E-state index >= 15 is 0 Å². The summed E-state index contributed by atoms with van der Waals surface area (Å²) < 4.78 is 16.8. The van der Waals surface area contributed by atoms with Crippen LogP contribution in [0.15, 0.2) is 85.1 Å². The number of rotatable bonds is 50. The van der Waals surface area contributed by atoms with Crippen molar-refractivity contribution in [1.29, 1.82) is 0 Å². The highest BCUT2D eigenvalue weighted by molar-refractivity contribution is 5.71. The van der Waals surface area contributed by atoms with Crippen LogP contribution in [-0.2, 0) is 28.6 Å². The van der Waals surface area contributed by atoms with E-state index in [4.69, 9.17) is 14.2 Å². The Hall–Kier alpha value is -3.41. The van der Waals surface area contributed by atoms with Crippen LogP contribution in [-0.4, -0.2) is 37.2 Å². The SMILES string of the molecule is CC/C=C\C/C=C\C/C=C\C/C=C\CCCCCCCCC(=O)OCC(COC(=O)CCCCCCCCCCCCC)OC(=O)CCCCCCCCCCC/C=C\C/C=C\C/C=C\CC. The molecule has 0 fully saturated rings. The quantitative estimate of drug-likeness (QED) is 0.0262. The molecule has 0 heterocycles. The maximum Gasteiger partial charge on any atom is 0.306 e. The lowest BCUT2D eigenvalue weighted by Gasteiger charge is -2.18. The zero-order chi connectivity index (χ0) is 48.6. The normalized spacial score (nSPS) is 12.7. The fourth-order valence-corrected chi connectivity index (χ4v) is 7.74. The van der Waals surface area contributed by atoms with Crippen molar-refractivity contribution in [1.82, 2.24) is 0 Å². The van der Waals surface area contributed by atoms with Crippen molar-refractivity contribution in [3.63, 3.8) is 0 Å². The summed E-state index contributed by atoms with van der Waals surface area (Å²) in [5, 5.41) is 0. The van der Waals surface area contributed by atoms with Gasteiger partial charge in [-0.2, -0.15) is 0 Å². The molecule has 1 unspecified atom stereocenters. The first-order chi connectivity index (χ1) is 33.0. The molecule has 67 heavy (non-hydrogen) atoms. The van der Waals surface area contributed by atoms with Crippen LogP contribution in [0.4, 0.5) is 0 Å². The van der Waals surface area contributed by atoms with Gasteiger partial charge in [0, 0.05) is 19.3 Å². The predicted molar refractivity (Wildman–Crippen MR) is 288 cm³/mol. The predicted octanol–water partition coefficient (Wildman–Crippen LogP) is 18.8. The van der Waals surface area contributed by atoms with E-state index in [0.717, 1.165) is 109 Å². The van der Waals surface area contributed by atoms with Gasteiger partial charge in [-0.3, -0.25) is 14.4 Å². The maximum atomic E-state index is 12.8. The van der Waals surface area contributed by atoms with E-state index in [0.29, 0.717) is 19.3 Å². The average Bonchev–Trinajstić information content (AvgIpc) is 3.33. The molecule has 0 saturated carbocycles. The Morgan fingerprint density at radius 1 is 0.313 bits per heavy atom. The Labute approximate surface area is 414 Å². The minimum atomic E-state index is -0.784. The molecule has 0 aliphatic heterocycles. The van der Waals surface area contributed by atoms with Crippen LogP contribution in [0.5, 0.6) is 0 Å². The van der Waals surface area contributed by atoms with Gasteiger partial charge >= 0.3 is 17.9 Å². The molecule has 0 rings (SSSR count). The fourth-order valence-electron chi connectivity index (χ4n) is 7.74. The second-order valence-electron chi connectivity index (χ2n) is 18.4. The first-order valence-corrected chi connectivity index (χ1v) is 28.1. The maximum absolute atomic E-state index is 12.8. The van der Waals surface area contributed by atoms with Gasteiger partial charge < -0.3 is 14.2 Å². The van der Waals surface area contributed by atoms with Crippen LogP contribution >= 0.6 is 0 Å². The smallest absolute Gasteiger partial charge is 0.306 e. The molecule has 0 aliphatic rings. The van der Waals surface area contributed by atoms with Crippen molar-refractivity contribution in [2.75, 3.05) is 13.2 Å². The minimum absolute atomic E-state index is 0.0817. The van der Waals surface area contributed by atoms with Crippen molar-refractivity contribution < 1.29 is 28.6 Å². The lowest BCUT2D eigenvalue weighted by molar-refractivity contribution is -0.167. The van der Waals surface area contributed by atoms with Gasteiger partial charge in [0.05, 0.1) is 0 Å². The van der Waals surface area contributed by atoms with Gasteiger partial charge in [-0.15, -0.1) is 0 Å². The van der Waals surface area contributed by atoms with Crippen LogP contribution in [0.2, 0.25) is 0 Å². The molecule has 0 spiro atoms. The topological polar surface area (TPSA) is 78.9 Å². The Balaban J connectivity index is 4.37. The Kier molecular flexibility index (Phi) is 52.4. The van der Waals surface area contributed by atoms with Crippen LogP contribution < -0.4 is 0 Å². The largest absolute Gasteiger partial charge is 0.462 e. The standard InChI is InChI=1S/C61H104O6/c1-4-7-10-13-16-19-22-24-26-28-30-32-34-36-39-42-45-48-51-54-60(63)66-57-58(56-65-59(62)53-50-47-44-41-38-21-18-15-12-9-6-3)67-61(64)55-52-49-46-43-40-37-35-33-31-29-27-25-23-20-17-14-11-8-5-2/h7-8,10-11,16-17,19-20,24-27,30,32,58H,4-6,9,12-15,18,21-23,28-29,31,33-57H2,1-3H3/b10-7-,11-8-,19-16-,20-17-,26-24-,27-25-,32-30-. The molecule has 0 bridgehead atoms. The average molecular weight is 933 g/mol. The van der Waals surface area contributed by atoms with E-state index in [1.165, 1.54) is 116 Å². The Morgan fingerprint density at radius 3 is 0.910 bits per heavy atom. The summed E-state index contributed by atoms with van der Waals surface area (Å²) in [7, 11) is 0. The monoisotopic (exact) mass is 933 g/mol. The molecule has 0 radical (unpaired) electrons. The highest BCUT2D eigenvalue weighted by atomic mass is 16.6. The third-order valence-electron chi connectivity index (χ3n) is 11.9. The molecule has 0 aromatic carbocycles. The molecule has 0 amide bonds. The summed E-state index contributed by atoms with van der Waals surface area (Å²) in [4.78, 5) is 38.1. The van der Waals surface area contributed by atoms with E-state index < -0.39 is 6.10 Å². The zero-order valence-electron chi connectivity index (χ0n) is 43.9.